The third kappa shape index (κ3) is 5.85. The Kier molecular flexibility index (Phi) is 7.39. The molecule has 182 valence electrons. The molecule has 4 N–H and O–H groups in total. The highest BCUT2D eigenvalue weighted by Gasteiger charge is 2.43. The van der Waals surface area contributed by atoms with Crippen molar-refractivity contribution in [1.29, 1.82) is 0 Å². The Balaban J connectivity index is 1.98. The van der Waals surface area contributed by atoms with Crippen molar-refractivity contribution in [1.82, 2.24) is 9.62 Å². The molecular formula is C22H26F4N2O4S. The molecule has 33 heavy (non-hydrogen) atoms. The number of aliphatic hydroxyl groups is 1. The van der Waals surface area contributed by atoms with Gasteiger partial charge < -0.3 is 10.0 Å². The third-order valence-corrected chi connectivity index (χ3v) is 6.49. The number of carbonyl (C=O) groups excluding carboxylic acids is 1. The monoisotopic (exact) mass is 490 g/mol. The molecule has 6 nitrogen and oxygen atoms in total. The van der Waals surface area contributed by atoms with E-state index < -0.39 is 57.8 Å². The summed E-state index contributed by atoms with van der Waals surface area (Å²) in [5.41, 5.74) is -1.71. The first-order valence-electron chi connectivity index (χ1n) is 10.2. The summed E-state index contributed by atoms with van der Waals surface area (Å²) in [4.78, 5) is 14.1. The molecule has 2 aromatic rings. The summed E-state index contributed by atoms with van der Waals surface area (Å²) in [6, 6.07) is 3.85. The van der Waals surface area contributed by atoms with E-state index >= 15 is 4.39 Å². The first-order valence-corrected chi connectivity index (χ1v) is 11.9. The van der Waals surface area contributed by atoms with Crippen molar-refractivity contribution in [3.8, 4) is 11.1 Å². The molecule has 3 rings (SSSR count). The lowest BCUT2D eigenvalue weighted by atomic mass is 9.95. The van der Waals surface area contributed by atoms with Gasteiger partial charge >= 0.3 is 0 Å². The van der Waals surface area contributed by atoms with Gasteiger partial charge in [-0.25, -0.2) is 22.3 Å². The molecule has 1 aliphatic heterocycles. The summed E-state index contributed by atoms with van der Waals surface area (Å²) in [6.07, 6.45) is 0.0809. The highest BCUT2D eigenvalue weighted by molar-refractivity contribution is 8.22. The first kappa shape index (κ1) is 25.4. The molecule has 1 heterocycles. The average Bonchev–Trinajstić information content (AvgIpc) is 3.08. The van der Waals surface area contributed by atoms with Crippen LogP contribution < -0.4 is 4.72 Å². The molecular weight excluding hydrogens is 464 g/mol. The van der Waals surface area contributed by atoms with Gasteiger partial charge in [-0.1, -0.05) is 18.2 Å². The fourth-order valence-electron chi connectivity index (χ4n) is 4.02. The molecule has 0 bridgehead atoms. The van der Waals surface area contributed by atoms with Gasteiger partial charge in [0.15, 0.2) is 6.01 Å². The maximum atomic E-state index is 15.4. The van der Waals surface area contributed by atoms with Crippen LogP contribution in [0.3, 0.4) is 0 Å². The lowest BCUT2D eigenvalue weighted by Gasteiger charge is -2.37. The van der Waals surface area contributed by atoms with Gasteiger partial charge in [-0.15, -0.1) is 10.8 Å². The van der Waals surface area contributed by atoms with Crippen molar-refractivity contribution in [3.05, 3.63) is 59.4 Å². The minimum absolute atomic E-state index is 0.0102. The Labute approximate surface area is 190 Å². The minimum Gasteiger partial charge on any atom is -0.381 e. The van der Waals surface area contributed by atoms with Gasteiger partial charge in [-0.05, 0) is 49.9 Å². The Morgan fingerprint density at radius 2 is 1.82 bits per heavy atom. The first-order chi connectivity index (χ1) is 15.3. The van der Waals surface area contributed by atoms with Crippen LogP contribution in [0.1, 0.15) is 25.8 Å². The highest BCUT2D eigenvalue weighted by Crippen LogP contribution is 2.38. The number of halogens is 4. The van der Waals surface area contributed by atoms with Crippen LogP contribution in [0.25, 0.3) is 11.1 Å². The van der Waals surface area contributed by atoms with Crippen LogP contribution in [0.5, 0.6) is 0 Å². The highest BCUT2D eigenvalue weighted by atomic mass is 32.3. The number of hydrogen-bond donors (Lipinski definition) is 4. The van der Waals surface area contributed by atoms with E-state index in [0.29, 0.717) is 6.07 Å². The normalized spacial score (nSPS) is 19.7. The molecule has 2 aromatic carbocycles. The van der Waals surface area contributed by atoms with Crippen LogP contribution in [-0.4, -0.2) is 55.3 Å². The zero-order valence-electron chi connectivity index (χ0n) is 18.1. The second-order valence-electron chi connectivity index (χ2n) is 8.55. The SMILES string of the molecule is CC(C)(O)C(=O)N1CC[C@H](NS(O)(O)CF)C1Cc1cccc(-c2cc(F)cc(F)c2)c1F. The second-order valence-corrected chi connectivity index (χ2v) is 10.3. The predicted molar refractivity (Wildman–Crippen MR) is 118 cm³/mol. The molecule has 1 fully saturated rings. The van der Waals surface area contributed by atoms with Crippen molar-refractivity contribution in [2.24, 2.45) is 0 Å². The van der Waals surface area contributed by atoms with Crippen LogP contribution in [-0.2, 0) is 11.2 Å². The van der Waals surface area contributed by atoms with Crippen molar-refractivity contribution in [3.63, 3.8) is 0 Å². The van der Waals surface area contributed by atoms with Crippen LogP contribution in [0, 0.1) is 17.5 Å². The van der Waals surface area contributed by atoms with Gasteiger partial charge in [0.2, 0.25) is 0 Å². The van der Waals surface area contributed by atoms with Crippen molar-refractivity contribution >= 4 is 16.7 Å². The summed E-state index contributed by atoms with van der Waals surface area (Å²) < 4.78 is 77.8. The van der Waals surface area contributed by atoms with Crippen LogP contribution >= 0.6 is 10.8 Å². The van der Waals surface area contributed by atoms with E-state index in [2.05, 4.69) is 4.72 Å². The third-order valence-electron chi connectivity index (χ3n) is 5.50. The summed E-state index contributed by atoms with van der Waals surface area (Å²) >= 11 is 0. The van der Waals surface area contributed by atoms with Gasteiger partial charge in [0.1, 0.15) is 23.1 Å². The lowest BCUT2D eigenvalue weighted by molar-refractivity contribution is -0.148. The Morgan fingerprint density at radius 1 is 1.18 bits per heavy atom. The van der Waals surface area contributed by atoms with Gasteiger partial charge in [0.05, 0.1) is 6.04 Å². The standard InChI is InChI=1S/C22H26F4N2O4S/c1-22(2,30)21(29)28-7-6-18(27-33(31,32)12-23)19(28)10-13-4-3-5-17(20(13)26)14-8-15(24)11-16(25)9-14/h3-5,8-9,11,18-19,27,30-32H,6-7,10,12H2,1-2H3/t18-,19?/m0/s1. The number of carbonyl (C=O) groups is 1. The van der Waals surface area contributed by atoms with Crippen molar-refractivity contribution in [2.45, 2.75) is 44.4 Å². The summed E-state index contributed by atoms with van der Waals surface area (Å²) in [7, 11) is -3.78. The molecule has 0 aliphatic carbocycles. The largest absolute Gasteiger partial charge is 0.381 e. The number of rotatable bonds is 7. The summed E-state index contributed by atoms with van der Waals surface area (Å²) in [5.74, 6) is -3.15. The molecule has 0 saturated carbocycles. The van der Waals surface area contributed by atoms with Crippen LogP contribution in [0.4, 0.5) is 17.6 Å². The molecule has 1 aliphatic rings. The zero-order chi connectivity index (χ0) is 24.6. The van der Waals surface area contributed by atoms with E-state index in [1.165, 1.54) is 36.9 Å². The number of likely N-dealkylation sites (tertiary alicyclic amines) is 1. The maximum absolute atomic E-state index is 15.4. The molecule has 1 unspecified atom stereocenters. The lowest BCUT2D eigenvalue weighted by Crippen LogP contribution is -2.52. The Morgan fingerprint density at radius 3 is 2.39 bits per heavy atom. The zero-order valence-corrected chi connectivity index (χ0v) is 18.9. The predicted octanol–water partition coefficient (Wildman–Crippen LogP) is 4.24. The smallest absolute Gasteiger partial charge is 0.254 e. The van der Waals surface area contributed by atoms with E-state index in [-0.39, 0.29) is 36.1 Å². The molecule has 1 saturated heterocycles. The summed E-state index contributed by atoms with van der Waals surface area (Å²) in [5, 5.41) is 10.2. The van der Waals surface area contributed by atoms with E-state index in [0.717, 1.165) is 12.1 Å². The van der Waals surface area contributed by atoms with Gasteiger partial charge in [0, 0.05) is 24.2 Å². The summed E-state index contributed by atoms with van der Waals surface area (Å²) in [6.45, 7) is 2.70. The number of alkyl halides is 1. The molecule has 2 atom stereocenters. The van der Waals surface area contributed by atoms with Gasteiger partial charge in [-0.2, -0.15) is 0 Å². The number of nitrogens with one attached hydrogen (secondary N) is 1. The topological polar surface area (TPSA) is 93.0 Å². The fourth-order valence-corrected chi connectivity index (χ4v) is 4.84. The molecule has 11 heteroatoms. The minimum atomic E-state index is -3.78. The van der Waals surface area contributed by atoms with Crippen molar-refractivity contribution < 1.29 is 36.6 Å². The quantitative estimate of drug-likeness (QED) is 0.436. The maximum Gasteiger partial charge on any atom is 0.254 e. The number of benzene rings is 2. The van der Waals surface area contributed by atoms with Gasteiger partial charge in [0.25, 0.3) is 5.91 Å². The van der Waals surface area contributed by atoms with E-state index in [9.17, 15) is 32.2 Å². The van der Waals surface area contributed by atoms with E-state index in [1.54, 1.807) is 0 Å². The Hall–Kier alpha value is -2.18. The molecule has 0 spiro atoms. The molecule has 0 aromatic heterocycles. The number of amides is 1. The molecule has 0 radical (unpaired) electrons. The Bertz CT molecular complexity index is 1010. The number of nitrogens with zero attached hydrogens (tertiary/aromatic N) is 1. The van der Waals surface area contributed by atoms with Gasteiger partial charge in [-0.3, -0.25) is 13.9 Å². The van der Waals surface area contributed by atoms with Crippen molar-refractivity contribution in [2.75, 3.05) is 12.6 Å². The number of hydrogen-bond acceptors (Lipinski definition) is 5. The molecule has 1 amide bonds. The van der Waals surface area contributed by atoms with E-state index in [4.69, 9.17) is 0 Å². The van der Waals surface area contributed by atoms with E-state index in [1.807, 2.05) is 0 Å². The second kappa shape index (κ2) is 9.59. The van der Waals surface area contributed by atoms with Crippen LogP contribution in [0.15, 0.2) is 36.4 Å². The fraction of sp³-hybridized carbons (Fsp3) is 0.409. The average molecular weight is 491 g/mol. The van der Waals surface area contributed by atoms with Crippen LogP contribution in [0.2, 0.25) is 0 Å².